The first kappa shape index (κ1) is 11.2. The summed E-state index contributed by atoms with van der Waals surface area (Å²) in [5, 5.41) is 0. The van der Waals surface area contributed by atoms with Gasteiger partial charge >= 0.3 is 0 Å². The third-order valence-electron chi connectivity index (χ3n) is 2.85. The molecule has 0 saturated carbocycles. The van der Waals surface area contributed by atoms with Crippen LogP contribution in [0.25, 0.3) is 17.0 Å². The fraction of sp³-hybridized carbons (Fsp3) is 0.0769. The molecule has 0 atom stereocenters. The number of aryl methyl sites for hydroxylation is 1. The van der Waals surface area contributed by atoms with E-state index in [1.165, 1.54) is 0 Å². The molecule has 2 N–H and O–H groups in total. The van der Waals surface area contributed by atoms with Crippen molar-refractivity contribution in [1.82, 2.24) is 14.4 Å². The molecule has 0 aliphatic carbocycles. The van der Waals surface area contributed by atoms with Crippen molar-refractivity contribution >= 4 is 27.4 Å². The van der Waals surface area contributed by atoms with Crippen LogP contribution in [0.4, 0.5) is 5.82 Å². The molecule has 0 aromatic carbocycles. The fourth-order valence-electron chi connectivity index (χ4n) is 1.87. The molecule has 0 spiro atoms. The van der Waals surface area contributed by atoms with Crippen molar-refractivity contribution in [2.24, 2.45) is 0 Å². The molecule has 3 rings (SSSR count). The predicted octanol–water partition coefficient (Wildman–Crippen LogP) is 3.05. The predicted molar refractivity (Wildman–Crippen MR) is 75.3 cm³/mol. The summed E-state index contributed by atoms with van der Waals surface area (Å²) in [6.07, 6.45) is 3.67. The Morgan fingerprint density at radius 1 is 1.33 bits per heavy atom. The first-order valence-corrected chi connectivity index (χ1v) is 6.31. The maximum atomic E-state index is 6.13. The summed E-state index contributed by atoms with van der Waals surface area (Å²) >= 11 is 3.50. The summed E-state index contributed by atoms with van der Waals surface area (Å²) in [7, 11) is 0. The molecule has 0 aliphatic rings. The van der Waals surface area contributed by atoms with Crippen LogP contribution in [-0.4, -0.2) is 14.4 Å². The fourth-order valence-corrected chi connectivity index (χ4v) is 2.19. The second-order valence-electron chi connectivity index (χ2n) is 4.09. The van der Waals surface area contributed by atoms with Crippen LogP contribution in [0.5, 0.6) is 0 Å². The first-order chi connectivity index (χ1) is 8.66. The van der Waals surface area contributed by atoms with Gasteiger partial charge in [-0.2, -0.15) is 0 Å². The van der Waals surface area contributed by atoms with Gasteiger partial charge in [0.15, 0.2) is 0 Å². The lowest BCUT2D eigenvalue weighted by molar-refractivity contribution is 1.16. The monoisotopic (exact) mass is 302 g/mol. The molecule has 90 valence electrons. The molecule has 0 bridgehead atoms. The van der Waals surface area contributed by atoms with E-state index in [0.29, 0.717) is 11.5 Å². The van der Waals surface area contributed by atoms with Gasteiger partial charge in [-0.25, -0.2) is 4.98 Å². The number of anilines is 1. The van der Waals surface area contributed by atoms with Crippen LogP contribution in [0, 0.1) is 6.92 Å². The molecule has 0 aliphatic heterocycles. The summed E-state index contributed by atoms with van der Waals surface area (Å²) in [6, 6.07) is 7.69. The van der Waals surface area contributed by atoms with Crippen LogP contribution in [0.2, 0.25) is 0 Å². The molecule has 3 aromatic heterocycles. The molecular formula is C13H11BrN4. The largest absolute Gasteiger partial charge is 0.383 e. The maximum absolute atomic E-state index is 6.13. The van der Waals surface area contributed by atoms with Gasteiger partial charge in [-0.05, 0) is 46.6 Å². The Morgan fingerprint density at radius 3 is 2.89 bits per heavy atom. The number of nitrogens with zero attached hydrogens (tertiary/aromatic N) is 3. The number of pyridine rings is 2. The SMILES string of the molecule is Cc1cc2nc(-c3ccccn3)c(N)n2cc1Br. The van der Waals surface area contributed by atoms with E-state index < -0.39 is 0 Å². The van der Waals surface area contributed by atoms with E-state index in [-0.39, 0.29) is 0 Å². The summed E-state index contributed by atoms with van der Waals surface area (Å²) in [5.41, 5.74) is 9.58. The number of imidazole rings is 1. The molecule has 0 fully saturated rings. The van der Waals surface area contributed by atoms with E-state index in [0.717, 1.165) is 21.4 Å². The van der Waals surface area contributed by atoms with E-state index in [4.69, 9.17) is 5.73 Å². The molecule has 3 aromatic rings. The third kappa shape index (κ3) is 1.67. The van der Waals surface area contributed by atoms with Crippen LogP contribution in [0.3, 0.4) is 0 Å². The van der Waals surface area contributed by atoms with Gasteiger partial charge in [-0.1, -0.05) is 6.07 Å². The number of fused-ring (bicyclic) bond motifs is 1. The molecule has 4 nitrogen and oxygen atoms in total. The Labute approximate surface area is 113 Å². The first-order valence-electron chi connectivity index (χ1n) is 5.52. The highest BCUT2D eigenvalue weighted by atomic mass is 79.9. The maximum Gasteiger partial charge on any atom is 0.139 e. The van der Waals surface area contributed by atoms with Crippen LogP contribution < -0.4 is 5.73 Å². The smallest absolute Gasteiger partial charge is 0.139 e. The molecule has 5 heteroatoms. The molecule has 18 heavy (non-hydrogen) atoms. The Hall–Kier alpha value is -1.88. The average molecular weight is 303 g/mol. The highest BCUT2D eigenvalue weighted by Gasteiger charge is 2.12. The molecule has 3 heterocycles. The quantitative estimate of drug-likeness (QED) is 0.751. The summed E-state index contributed by atoms with van der Waals surface area (Å²) < 4.78 is 2.87. The van der Waals surface area contributed by atoms with Crippen molar-refractivity contribution in [2.45, 2.75) is 6.92 Å². The zero-order valence-electron chi connectivity index (χ0n) is 9.76. The average Bonchev–Trinajstić information content (AvgIpc) is 2.69. The Kier molecular flexibility index (Phi) is 2.56. The number of aromatic nitrogens is 3. The van der Waals surface area contributed by atoms with Crippen LogP contribution in [0.15, 0.2) is 41.1 Å². The number of halogens is 1. The second kappa shape index (κ2) is 4.10. The minimum atomic E-state index is 0.601. The number of hydrogen-bond acceptors (Lipinski definition) is 3. The van der Waals surface area contributed by atoms with Gasteiger partial charge < -0.3 is 5.73 Å². The van der Waals surface area contributed by atoms with Crippen LogP contribution in [0.1, 0.15) is 5.56 Å². The highest BCUT2D eigenvalue weighted by Crippen LogP contribution is 2.27. The van der Waals surface area contributed by atoms with E-state index >= 15 is 0 Å². The zero-order valence-corrected chi connectivity index (χ0v) is 11.3. The molecule has 0 saturated heterocycles. The Bertz CT molecular complexity index is 719. The van der Waals surface area contributed by atoms with Gasteiger partial charge in [0.2, 0.25) is 0 Å². The standard InChI is InChI=1S/C13H11BrN4/c1-8-6-11-17-12(10-4-2-3-5-16-10)13(15)18(11)7-9(8)14/h2-7H,15H2,1H3. The second-order valence-corrected chi connectivity index (χ2v) is 4.95. The Morgan fingerprint density at radius 2 is 2.17 bits per heavy atom. The molecule has 0 amide bonds. The van der Waals surface area contributed by atoms with E-state index in [1.54, 1.807) is 6.20 Å². The van der Waals surface area contributed by atoms with Crippen molar-refractivity contribution in [3.05, 3.63) is 46.7 Å². The lowest BCUT2D eigenvalue weighted by atomic mass is 10.3. The van der Waals surface area contributed by atoms with Gasteiger partial charge in [-0.15, -0.1) is 0 Å². The van der Waals surface area contributed by atoms with Crippen molar-refractivity contribution < 1.29 is 0 Å². The number of hydrogen-bond donors (Lipinski definition) is 1. The summed E-state index contributed by atoms with van der Waals surface area (Å²) in [6.45, 7) is 2.02. The van der Waals surface area contributed by atoms with Crippen molar-refractivity contribution in [2.75, 3.05) is 5.73 Å². The lowest BCUT2D eigenvalue weighted by Crippen LogP contribution is -1.95. The zero-order chi connectivity index (χ0) is 12.7. The van der Waals surface area contributed by atoms with Crippen LogP contribution in [-0.2, 0) is 0 Å². The minimum absolute atomic E-state index is 0.601. The molecule has 0 unspecified atom stereocenters. The van der Waals surface area contributed by atoms with Crippen molar-refractivity contribution in [3.8, 4) is 11.4 Å². The normalized spacial score (nSPS) is 11.0. The van der Waals surface area contributed by atoms with E-state index in [9.17, 15) is 0 Å². The van der Waals surface area contributed by atoms with Crippen LogP contribution >= 0.6 is 15.9 Å². The molecular weight excluding hydrogens is 292 g/mol. The third-order valence-corrected chi connectivity index (χ3v) is 3.68. The number of nitrogens with two attached hydrogens (primary N) is 1. The van der Waals surface area contributed by atoms with Crippen molar-refractivity contribution in [3.63, 3.8) is 0 Å². The highest BCUT2D eigenvalue weighted by molar-refractivity contribution is 9.10. The topological polar surface area (TPSA) is 56.2 Å². The minimum Gasteiger partial charge on any atom is -0.383 e. The Balaban J connectivity index is 2.30. The summed E-state index contributed by atoms with van der Waals surface area (Å²) in [5.74, 6) is 0.601. The van der Waals surface area contributed by atoms with Gasteiger partial charge in [0.1, 0.15) is 17.2 Å². The lowest BCUT2D eigenvalue weighted by Gasteiger charge is -2.01. The van der Waals surface area contributed by atoms with Gasteiger partial charge in [0.25, 0.3) is 0 Å². The molecule has 0 radical (unpaired) electrons. The van der Waals surface area contributed by atoms with Gasteiger partial charge in [0.05, 0.1) is 5.69 Å². The summed E-state index contributed by atoms with van der Waals surface area (Å²) in [4.78, 5) is 8.82. The van der Waals surface area contributed by atoms with Crippen molar-refractivity contribution in [1.29, 1.82) is 0 Å². The van der Waals surface area contributed by atoms with E-state index in [2.05, 4.69) is 25.9 Å². The van der Waals surface area contributed by atoms with Gasteiger partial charge in [0, 0.05) is 16.9 Å². The number of nitrogen functional groups attached to an aromatic ring is 1. The van der Waals surface area contributed by atoms with Gasteiger partial charge in [-0.3, -0.25) is 9.38 Å². The van der Waals surface area contributed by atoms with E-state index in [1.807, 2.05) is 41.8 Å². The number of rotatable bonds is 1.